The zero-order valence-corrected chi connectivity index (χ0v) is 15.1. The molecule has 1 aliphatic rings. The first kappa shape index (κ1) is 17.8. The van der Waals surface area contributed by atoms with Crippen LogP contribution in [0.1, 0.15) is 35.5 Å². The summed E-state index contributed by atoms with van der Waals surface area (Å²) < 4.78 is 16.1. The average molecular weight is 352 g/mol. The Kier molecular flexibility index (Phi) is 5.11. The lowest BCUT2D eigenvalue weighted by Crippen LogP contribution is -2.24. The maximum absolute atomic E-state index is 14.5. The maximum atomic E-state index is 14.5. The Morgan fingerprint density at radius 2 is 2.00 bits per heavy atom. The molecule has 4 rings (SSSR count). The molecule has 0 radical (unpaired) electrons. The van der Waals surface area contributed by atoms with E-state index in [2.05, 4.69) is 10.1 Å². The first-order valence-corrected chi connectivity index (χ1v) is 8.62. The second kappa shape index (κ2) is 7.47. The predicted molar refractivity (Wildman–Crippen MR) is 97.8 cm³/mol. The SMILES string of the molecule is CC.Cn1cc(-c2ccc(CN3Cc4cccnc4C3=O)c(F)c2)cn1. The number of fused-ring (bicyclic) bond motifs is 1. The number of pyridine rings is 1. The van der Waals surface area contributed by atoms with Crippen LogP contribution in [-0.2, 0) is 20.1 Å². The zero-order chi connectivity index (χ0) is 18.7. The van der Waals surface area contributed by atoms with E-state index in [0.29, 0.717) is 17.8 Å². The molecular weight excluding hydrogens is 331 g/mol. The topological polar surface area (TPSA) is 51.0 Å². The normalized spacial score (nSPS) is 12.6. The number of carbonyl (C=O) groups is 1. The van der Waals surface area contributed by atoms with E-state index in [0.717, 1.165) is 16.7 Å². The van der Waals surface area contributed by atoms with Gasteiger partial charge in [0.1, 0.15) is 11.5 Å². The number of aromatic nitrogens is 3. The number of amides is 1. The van der Waals surface area contributed by atoms with E-state index in [1.807, 2.05) is 39.2 Å². The highest BCUT2D eigenvalue weighted by atomic mass is 19.1. The molecule has 26 heavy (non-hydrogen) atoms. The zero-order valence-electron chi connectivity index (χ0n) is 15.1. The molecule has 3 heterocycles. The molecular formula is C20H21FN4O. The summed E-state index contributed by atoms with van der Waals surface area (Å²) in [5.74, 6) is -0.477. The Hall–Kier alpha value is -3.02. The molecule has 3 aromatic rings. The van der Waals surface area contributed by atoms with Gasteiger partial charge in [-0.3, -0.25) is 14.5 Å². The molecule has 134 valence electrons. The second-order valence-corrected chi connectivity index (χ2v) is 5.88. The van der Waals surface area contributed by atoms with Crippen LogP contribution in [0.4, 0.5) is 4.39 Å². The Bertz CT molecular complexity index is 935. The minimum absolute atomic E-state index is 0.152. The van der Waals surface area contributed by atoms with E-state index in [4.69, 9.17) is 0 Å². The molecule has 1 aliphatic heterocycles. The molecule has 0 bridgehead atoms. The van der Waals surface area contributed by atoms with Crippen LogP contribution in [0.25, 0.3) is 11.1 Å². The van der Waals surface area contributed by atoms with Crippen molar-refractivity contribution in [2.24, 2.45) is 7.05 Å². The number of rotatable bonds is 3. The molecule has 1 amide bonds. The fourth-order valence-corrected chi connectivity index (χ4v) is 2.94. The third-order valence-electron chi connectivity index (χ3n) is 4.19. The van der Waals surface area contributed by atoms with E-state index in [-0.39, 0.29) is 18.3 Å². The number of benzene rings is 1. The van der Waals surface area contributed by atoms with Gasteiger partial charge in [-0.25, -0.2) is 4.39 Å². The first-order valence-electron chi connectivity index (χ1n) is 8.62. The number of nitrogens with zero attached hydrogens (tertiary/aromatic N) is 4. The molecule has 5 nitrogen and oxygen atoms in total. The molecule has 0 aliphatic carbocycles. The number of hydrogen-bond donors (Lipinski definition) is 0. The lowest BCUT2D eigenvalue weighted by atomic mass is 10.1. The lowest BCUT2D eigenvalue weighted by molar-refractivity contribution is 0.0761. The van der Waals surface area contributed by atoms with Gasteiger partial charge >= 0.3 is 0 Å². The number of halogens is 1. The van der Waals surface area contributed by atoms with Gasteiger partial charge in [-0.2, -0.15) is 5.10 Å². The van der Waals surface area contributed by atoms with Gasteiger partial charge in [-0.1, -0.05) is 32.0 Å². The van der Waals surface area contributed by atoms with Gasteiger partial charge in [0.05, 0.1) is 6.20 Å². The van der Waals surface area contributed by atoms with Crippen LogP contribution in [0.2, 0.25) is 0 Å². The number of aryl methyl sites for hydroxylation is 1. The van der Waals surface area contributed by atoms with Crippen LogP contribution in [0.3, 0.4) is 0 Å². The van der Waals surface area contributed by atoms with Crippen LogP contribution in [0.15, 0.2) is 48.9 Å². The van der Waals surface area contributed by atoms with Crippen LogP contribution >= 0.6 is 0 Å². The number of hydrogen-bond acceptors (Lipinski definition) is 3. The van der Waals surface area contributed by atoms with Crippen LogP contribution in [0.5, 0.6) is 0 Å². The van der Waals surface area contributed by atoms with Crippen molar-refractivity contribution in [3.05, 3.63) is 71.6 Å². The molecule has 0 atom stereocenters. The molecule has 2 aromatic heterocycles. The Morgan fingerprint density at radius 1 is 1.19 bits per heavy atom. The Labute approximate surface area is 152 Å². The summed E-state index contributed by atoms with van der Waals surface area (Å²) in [5.41, 5.74) is 3.46. The van der Waals surface area contributed by atoms with E-state index in [1.165, 1.54) is 6.07 Å². The maximum Gasteiger partial charge on any atom is 0.273 e. The van der Waals surface area contributed by atoms with Gasteiger partial charge in [0, 0.05) is 49.2 Å². The van der Waals surface area contributed by atoms with Crippen molar-refractivity contribution in [2.75, 3.05) is 0 Å². The Balaban J connectivity index is 0.000000948. The molecule has 0 N–H and O–H groups in total. The van der Waals surface area contributed by atoms with Gasteiger partial charge in [-0.15, -0.1) is 0 Å². The van der Waals surface area contributed by atoms with Crippen molar-refractivity contribution in [1.82, 2.24) is 19.7 Å². The molecule has 0 saturated heterocycles. The minimum Gasteiger partial charge on any atom is -0.328 e. The van der Waals surface area contributed by atoms with Gasteiger partial charge in [0.25, 0.3) is 5.91 Å². The summed E-state index contributed by atoms with van der Waals surface area (Å²) in [6.45, 7) is 4.69. The largest absolute Gasteiger partial charge is 0.328 e. The van der Waals surface area contributed by atoms with Crippen molar-refractivity contribution < 1.29 is 9.18 Å². The van der Waals surface area contributed by atoms with Crippen molar-refractivity contribution >= 4 is 5.91 Å². The van der Waals surface area contributed by atoms with E-state index in [9.17, 15) is 9.18 Å². The summed E-state index contributed by atoms with van der Waals surface area (Å²) >= 11 is 0. The number of carbonyl (C=O) groups excluding carboxylic acids is 1. The average Bonchev–Trinajstić information content (AvgIpc) is 3.23. The van der Waals surface area contributed by atoms with Gasteiger partial charge in [-0.05, 0) is 17.7 Å². The van der Waals surface area contributed by atoms with E-state index >= 15 is 0 Å². The summed E-state index contributed by atoms with van der Waals surface area (Å²) in [4.78, 5) is 18.1. The highest BCUT2D eigenvalue weighted by Crippen LogP contribution is 2.25. The van der Waals surface area contributed by atoms with E-state index in [1.54, 1.807) is 34.1 Å². The quantitative estimate of drug-likeness (QED) is 0.720. The molecule has 0 unspecified atom stereocenters. The van der Waals surface area contributed by atoms with Gasteiger partial charge < -0.3 is 4.90 Å². The van der Waals surface area contributed by atoms with Crippen molar-refractivity contribution in [2.45, 2.75) is 26.9 Å². The van der Waals surface area contributed by atoms with Gasteiger partial charge in [0.15, 0.2) is 0 Å². The second-order valence-electron chi connectivity index (χ2n) is 5.88. The molecule has 6 heteroatoms. The summed E-state index contributed by atoms with van der Waals surface area (Å²) in [6, 6.07) is 8.74. The lowest BCUT2D eigenvalue weighted by Gasteiger charge is -2.16. The van der Waals surface area contributed by atoms with Crippen LogP contribution in [0, 0.1) is 5.82 Å². The fraction of sp³-hybridized carbons (Fsp3) is 0.250. The van der Waals surface area contributed by atoms with Crippen molar-refractivity contribution in [1.29, 1.82) is 0 Å². The minimum atomic E-state index is -0.326. The Morgan fingerprint density at radius 3 is 2.65 bits per heavy atom. The van der Waals surface area contributed by atoms with E-state index < -0.39 is 0 Å². The monoisotopic (exact) mass is 352 g/mol. The van der Waals surface area contributed by atoms with Crippen molar-refractivity contribution in [3.63, 3.8) is 0 Å². The van der Waals surface area contributed by atoms with Crippen LogP contribution < -0.4 is 0 Å². The summed E-state index contributed by atoms with van der Waals surface area (Å²) in [6.07, 6.45) is 5.13. The first-order chi connectivity index (χ1) is 12.6. The fourth-order valence-electron chi connectivity index (χ4n) is 2.94. The summed E-state index contributed by atoms with van der Waals surface area (Å²) in [7, 11) is 1.82. The van der Waals surface area contributed by atoms with Crippen molar-refractivity contribution in [3.8, 4) is 11.1 Å². The highest BCUT2D eigenvalue weighted by molar-refractivity contribution is 5.96. The standard InChI is InChI=1S/C18H15FN4O.C2H6/c1-22-9-15(8-21-22)12-4-5-13(16(19)7-12)10-23-11-14-3-2-6-20-17(14)18(23)24;1-2/h2-9H,10-11H2,1H3;1-2H3. The molecule has 0 spiro atoms. The molecule has 0 saturated carbocycles. The van der Waals surface area contributed by atoms with Crippen LogP contribution in [-0.4, -0.2) is 25.6 Å². The summed E-state index contributed by atoms with van der Waals surface area (Å²) in [5, 5.41) is 4.10. The highest BCUT2D eigenvalue weighted by Gasteiger charge is 2.28. The predicted octanol–water partition coefficient (Wildman–Crippen LogP) is 3.80. The van der Waals surface area contributed by atoms with Gasteiger partial charge in [0.2, 0.25) is 0 Å². The smallest absolute Gasteiger partial charge is 0.273 e. The third-order valence-corrected chi connectivity index (χ3v) is 4.19. The molecule has 1 aromatic carbocycles. The molecule has 0 fully saturated rings. The third kappa shape index (κ3) is 3.35.